The number of anilines is 5. The summed E-state index contributed by atoms with van der Waals surface area (Å²) in [4.78, 5) is 12.8. The van der Waals surface area contributed by atoms with Crippen LogP contribution in [0.15, 0.2) is 42.7 Å². The van der Waals surface area contributed by atoms with Gasteiger partial charge in [-0.3, -0.25) is 0 Å². The molecule has 0 fully saturated rings. The summed E-state index contributed by atoms with van der Waals surface area (Å²) in [7, 11) is 0. The fraction of sp³-hybridized carbons (Fsp3) is 0.118. The van der Waals surface area contributed by atoms with Crippen LogP contribution in [0, 0.1) is 6.92 Å². The number of pyridine rings is 1. The van der Waals surface area contributed by atoms with Crippen LogP contribution in [0.4, 0.5) is 28.8 Å². The van der Waals surface area contributed by atoms with Gasteiger partial charge >= 0.3 is 0 Å². The highest BCUT2D eigenvalue weighted by atomic mass is 16.7. The Labute approximate surface area is 144 Å². The normalized spacial score (nSPS) is 12.0. The van der Waals surface area contributed by atoms with Gasteiger partial charge in [0.15, 0.2) is 23.1 Å². The van der Waals surface area contributed by atoms with Crippen LogP contribution in [0.3, 0.4) is 0 Å². The van der Waals surface area contributed by atoms with Crippen LogP contribution in [0.25, 0.3) is 0 Å². The highest BCUT2D eigenvalue weighted by Crippen LogP contribution is 2.36. The van der Waals surface area contributed by atoms with Gasteiger partial charge < -0.3 is 25.8 Å². The number of benzene rings is 1. The molecule has 0 unspecified atom stereocenters. The van der Waals surface area contributed by atoms with E-state index in [1.165, 1.54) is 6.33 Å². The highest BCUT2D eigenvalue weighted by molar-refractivity contribution is 5.80. The molecule has 25 heavy (non-hydrogen) atoms. The molecule has 0 spiro atoms. The zero-order valence-corrected chi connectivity index (χ0v) is 13.5. The maximum atomic E-state index is 6.20. The number of aryl methyl sites for hydroxylation is 1. The van der Waals surface area contributed by atoms with Crippen molar-refractivity contribution in [2.24, 2.45) is 0 Å². The van der Waals surface area contributed by atoms with E-state index in [1.54, 1.807) is 0 Å². The topological polar surface area (TPSA) is 107 Å². The molecule has 8 heteroatoms. The molecular weight excluding hydrogens is 320 g/mol. The third-order valence-corrected chi connectivity index (χ3v) is 3.65. The lowest BCUT2D eigenvalue weighted by molar-refractivity contribution is 0.174. The number of rotatable bonds is 4. The lowest BCUT2D eigenvalue weighted by Gasteiger charge is -2.12. The summed E-state index contributed by atoms with van der Waals surface area (Å²) in [5.41, 5.74) is 8.27. The van der Waals surface area contributed by atoms with Crippen LogP contribution in [0.1, 0.15) is 5.69 Å². The predicted molar refractivity (Wildman–Crippen MR) is 94.5 cm³/mol. The summed E-state index contributed by atoms with van der Waals surface area (Å²) in [6.07, 6.45) is 1.43. The Morgan fingerprint density at radius 3 is 2.64 bits per heavy atom. The van der Waals surface area contributed by atoms with Crippen LogP contribution in [0.2, 0.25) is 0 Å². The van der Waals surface area contributed by atoms with Gasteiger partial charge in [-0.2, -0.15) is 0 Å². The number of nitrogen functional groups attached to an aromatic ring is 1. The summed E-state index contributed by atoms with van der Waals surface area (Å²) in [5.74, 6) is 3.04. The molecule has 0 radical (unpaired) electrons. The molecule has 1 aliphatic rings. The molecule has 0 aliphatic carbocycles. The van der Waals surface area contributed by atoms with Gasteiger partial charge in [-0.25, -0.2) is 15.0 Å². The quantitative estimate of drug-likeness (QED) is 0.667. The van der Waals surface area contributed by atoms with Gasteiger partial charge in [-0.15, -0.1) is 0 Å². The summed E-state index contributed by atoms with van der Waals surface area (Å²) in [5, 5.41) is 6.28. The number of fused-ring (bicyclic) bond motifs is 1. The first kappa shape index (κ1) is 15.0. The minimum atomic E-state index is 0.228. The number of hydrogen-bond acceptors (Lipinski definition) is 8. The van der Waals surface area contributed by atoms with Gasteiger partial charge in [-0.05, 0) is 31.2 Å². The molecule has 2 aromatic heterocycles. The maximum Gasteiger partial charge on any atom is 0.231 e. The molecule has 0 bridgehead atoms. The van der Waals surface area contributed by atoms with Gasteiger partial charge in [0.05, 0.1) is 0 Å². The van der Waals surface area contributed by atoms with Crippen LogP contribution < -0.4 is 25.8 Å². The molecule has 4 N–H and O–H groups in total. The summed E-state index contributed by atoms with van der Waals surface area (Å²) < 4.78 is 10.7. The zero-order valence-electron chi connectivity index (χ0n) is 13.5. The molecule has 126 valence electrons. The number of nitrogens with two attached hydrogens (primary N) is 1. The van der Waals surface area contributed by atoms with E-state index >= 15 is 0 Å². The Balaban J connectivity index is 1.58. The average molecular weight is 336 g/mol. The first-order valence-corrected chi connectivity index (χ1v) is 7.67. The number of hydrogen-bond donors (Lipinski definition) is 3. The SMILES string of the molecule is Cc1cccc(Nc2ncnc(Nc3ccc4c(c3)OCO4)c2N)n1. The van der Waals surface area contributed by atoms with Crippen molar-refractivity contribution in [2.45, 2.75) is 6.92 Å². The van der Waals surface area contributed by atoms with Crippen molar-refractivity contribution in [3.8, 4) is 11.5 Å². The highest BCUT2D eigenvalue weighted by Gasteiger charge is 2.15. The van der Waals surface area contributed by atoms with E-state index in [0.29, 0.717) is 34.6 Å². The summed E-state index contributed by atoms with van der Waals surface area (Å²) in [6, 6.07) is 11.2. The number of aromatic nitrogens is 3. The zero-order chi connectivity index (χ0) is 17.2. The van der Waals surface area contributed by atoms with Crippen molar-refractivity contribution in [2.75, 3.05) is 23.2 Å². The second-order valence-corrected chi connectivity index (χ2v) is 5.47. The van der Waals surface area contributed by atoms with Crippen LogP contribution in [0.5, 0.6) is 11.5 Å². The molecule has 0 amide bonds. The van der Waals surface area contributed by atoms with E-state index in [0.717, 1.165) is 11.4 Å². The molecule has 3 aromatic rings. The Morgan fingerprint density at radius 1 is 1.00 bits per heavy atom. The minimum Gasteiger partial charge on any atom is -0.454 e. The van der Waals surface area contributed by atoms with Crippen molar-refractivity contribution in [3.63, 3.8) is 0 Å². The molecule has 0 saturated carbocycles. The van der Waals surface area contributed by atoms with Crippen LogP contribution in [-0.4, -0.2) is 21.7 Å². The molecule has 0 saturated heterocycles. The first-order chi connectivity index (χ1) is 12.2. The molecule has 1 aromatic carbocycles. The van der Waals surface area contributed by atoms with Crippen molar-refractivity contribution in [1.82, 2.24) is 15.0 Å². The standard InChI is InChI=1S/C17H16N6O2/c1-10-3-2-4-14(21-10)23-17-15(18)16(19-8-20-17)22-11-5-6-12-13(7-11)25-9-24-12/h2-8H,9,18H2,1H3,(H2,19,20,21,22,23). The molecule has 4 rings (SSSR count). The summed E-state index contributed by atoms with van der Waals surface area (Å²) >= 11 is 0. The van der Waals surface area contributed by atoms with Gasteiger partial charge in [0.1, 0.15) is 17.8 Å². The smallest absolute Gasteiger partial charge is 0.231 e. The third kappa shape index (κ3) is 3.09. The van der Waals surface area contributed by atoms with E-state index in [4.69, 9.17) is 15.2 Å². The van der Waals surface area contributed by atoms with E-state index in [1.807, 2.05) is 43.3 Å². The van der Waals surface area contributed by atoms with Gasteiger partial charge in [0, 0.05) is 17.4 Å². The molecular formula is C17H16N6O2. The molecule has 8 nitrogen and oxygen atoms in total. The van der Waals surface area contributed by atoms with E-state index < -0.39 is 0 Å². The largest absolute Gasteiger partial charge is 0.454 e. The Kier molecular flexibility index (Phi) is 3.70. The fourth-order valence-corrected chi connectivity index (χ4v) is 2.44. The van der Waals surface area contributed by atoms with E-state index in [9.17, 15) is 0 Å². The second kappa shape index (κ2) is 6.16. The van der Waals surface area contributed by atoms with Crippen molar-refractivity contribution in [1.29, 1.82) is 0 Å². The number of nitrogens with one attached hydrogen (secondary N) is 2. The Morgan fingerprint density at radius 2 is 1.80 bits per heavy atom. The minimum absolute atomic E-state index is 0.228. The molecule has 3 heterocycles. The Hall–Kier alpha value is -3.55. The summed E-state index contributed by atoms with van der Waals surface area (Å²) in [6.45, 7) is 2.15. The second-order valence-electron chi connectivity index (χ2n) is 5.47. The fourth-order valence-electron chi connectivity index (χ4n) is 2.44. The third-order valence-electron chi connectivity index (χ3n) is 3.65. The van der Waals surface area contributed by atoms with Gasteiger partial charge in [0.2, 0.25) is 6.79 Å². The van der Waals surface area contributed by atoms with Crippen LogP contribution >= 0.6 is 0 Å². The number of nitrogens with zero attached hydrogens (tertiary/aromatic N) is 3. The lowest BCUT2D eigenvalue weighted by Crippen LogP contribution is -2.06. The first-order valence-electron chi connectivity index (χ1n) is 7.67. The molecule has 1 aliphatic heterocycles. The van der Waals surface area contributed by atoms with Crippen molar-refractivity contribution in [3.05, 3.63) is 48.4 Å². The van der Waals surface area contributed by atoms with Crippen molar-refractivity contribution >= 4 is 28.8 Å². The monoisotopic (exact) mass is 336 g/mol. The Bertz CT molecular complexity index is 931. The average Bonchev–Trinajstić information content (AvgIpc) is 3.06. The lowest BCUT2D eigenvalue weighted by atomic mass is 10.2. The van der Waals surface area contributed by atoms with Crippen LogP contribution in [-0.2, 0) is 0 Å². The van der Waals surface area contributed by atoms with Gasteiger partial charge in [-0.1, -0.05) is 6.07 Å². The predicted octanol–water partition coefficient (Wildman–Crippen LogP) is 2.98. The van der Waals surface area contributed by atoms with Gasteiger partial charge in [0.25, 0.3) is 0 Å². The van der Waals surface area contributed by atoms with E-state index in [-0.39, 0.29) is 6.79 Å². The molecule has 0 atom stereocenters. The van der Waals surface area contributed by atoms with Crippen molar-refractivity contribution < 1.29 is 9.47 Å². The van der Waals surface area contributed by atoms with E-state index in [2.05, 4.69) is 25.6 Å². The number of ether oxygens (including phenoxy) is 2. The maximum absolute atomic E-state index is 6.20.